The Bertz CT molecular complexity index is 1240. The molecule has 7 heteroatoms. The molecule has 1 atom stereocenters. The van der Waals surface area contributed by atoms with Crippen LogP contribution in [0.15, 0.2) is 82.7 Å². The molecule has 1 aliphatic heterocycles. The molecule has 0 unspecified atom stereocenters. The molecular formula is C28H26BrClN2O2S. The quantitative estimate of drug-likeness (QED) is 0.206. The molecule has 0 bridgehead atoms. The van der Waals surface area contributed by atoms with E-state index in [1.807, 2.05) is 60.7 Å². The van der Waals surface area contributed by atoms with E-state index < -0.39 is 0 Å². The van der Waals surface area contributed by atoms with Crippen molar-refractivity contribution in [3.63, 3.8) is 0 Å². The molecule has 0 aliphatic carbocycles. The first-order valence-electron chi connectivity index (χ1n) is 11.3. The number of allylic oxidation sites excluding steroid dienone is 1. The van der Waals surface area contributed by atoms with Gasteiger partial charge in [0.05, 0.1) is 9.38 Å². The minimum absolute atomic E-state index is 0.0952. The maximum atomic E-state index is 12.6. The normalized spacial score (nSPS) is 16.3. The zero-order valence-electron chi connectivity index (χ0n) is 19.3. The van der Waals surface area contributed by atoms with Crippen molar-refractivity contribution in [3.05, 3.63) is 110 Å². The minimum Gasteiger partial charge on any atom is -0.487 e. The highest BCUT2D eigenvalue weighted by atomic mass is 79.9. The summed E-state index contributed by atoms with van der Waals surface area (Å²) in [6, 6.07) is 19.9. The number of aryl methyl sites for hydroxylation is 1. The van der Waals surface area contributed by atoms with Gasteiger partial charge in [0.25, 0.3) is 5.91 Å². The van der Waals surface area contributed by atoms with Gasteiger partial charge in [0.1, 0.15) is 12.4 Å². The summed E-state index contributed by atoms with van der Waals surface area (Å²) in [6.07, 6.45) is 5.39. The number of anilines is 1. The molecule has 1 fully saturated rings. The molecule has 35 heavy (non-hydrogen) atoms. The lowest BCUT2D eigenvalue weighted by atomic mass is 10.1. The Morgan fingerprint density at radius 3 is 2.54 bits per heavy atom. The highest BCUT2D eigenvalue weighted by Crippen LogP contribution is 2.35. The summed E-state index contributed by atoms with van der Waals surface area (Å²) in [5, 5.41) is 7.05. The minimum atomic E-state index is -0.223. The van der Waals surface area contributed by atoms with E-state index in [2.05, 4.69) is 52.2 Å². The van der Waals surface area contributed by atoms with E-state index in [0.717, 1.165) is 39.0 Å². The zero-order chi connectivity index (χ0) is 24.8. The van der Waals surface area contributed by atoms with Gasteiger partial charge in [-0.25, -0.2) is 0 Å². The molecule has 0 aromatic heterocycles. The first-order valence-corrected chi connectivity index (χ1v) is 13.4. The van der Waals surface area contributed by atoms with Gasteiger partial charge < -0.3 is 15.4 Å². The van der Waals surface area contributed by atoms with Crippen LogP contribution in [0.1, 0.15) is 29.2 Å². The fourth-order valence-electron chi connectivity index (χ4n) is 3.67. The van der Waals surface area contributed by atoms with Crippen LogP contribution in [0.3, 0.4) is 0 Å². The smallest absolute Gasteiger partial charge is 0.260 e. The lowest BCUT2D eigenvalue weighted by molar-refractivity contribution is -0.116. The van der Waals surface area contributed by atoms with Crippen molar-refractivity contribution in [2.45, 2.75) is 31.9 Å². The lowest BCUT2D eigenvalue weighted by Crippen LogP contribution is -2.30. The molecule has 4 nitrogen and oxygen atoms in total. The number of nitrogens with one attached hydrogen (secondary N) is 2. The first-order chi connectivity index (χ1) is 16.9. The second-order valence-corrected chi connectivity index (χ2v) is 10.5. The Hall–Kier alpha value is -2.67. The molecule has 4 rings (SSSR count). The van der Waals surface area contributed by atoms with Gasteiger partial charge in [-0.1, -0.05) is 60.6 Å². The average molecular weight is 570 g/mol. The lowest BCUT2D eigenvalue weighted by Gasteiger charge is -2.14. The molecule has 0 spiro atoms. The number of carbonyl (C=O) groups is 1. The van der Waals surface area contributed by atoms with Crippen molar-refractivity contribution in [2.24, 2.45) is 0 Å². The van der Waals surface area contributed by atoms with Crippen molar-refractivity contribution in [2.75, 3.05) is 5.32 Å². The van der Waals surface area contributed by atoms with Crippen LogP contribution in [0.2, 0.25) is 5.02 Å². The van der Waals surface area contributed by atoms with Gasteiger partial charge in [-0.05, 0) is 93.5 Å². The highest BCUT2D eigenvalue weighted by Gasteiger charge is 2.27. The number of rotatable bonds is 9. The van der Waals surface area contributed by atoms with Crippen LogP contribution >= 0.6 is 39.3 Å². The van der Waals surface area contributed by atoms with Gasteiger partial charge in [-0.3, -0.25) is 4.79 Å². The molecule has 0 radical (unpaired) electrons. The van der Waals surface area contributed by atoms with Crippen LogP contribution in [0.5, 0.6) is 5.75 Å². The number of benzene rings is 3. The summed E-state index contributed by atoms with van der Waals surface area (Å²) in [5.41, 5.74) is 4.96. The molecule has 1 heterocycles. The molecular weight excluding hydrogens is 544 g/mol. The van der Waals surface area contributed by atoms with Gasteiger partial charge in [0.2, 0.25) is 0 Å². The second-order valence-electron chi connectivity index (χ2n) is 8.07. The van der Waals surface area contributed by atoms with Crippen molar-refractivity contribution in [1.82, 2.24) is 5.32 Å². The van der Waals surface area contributed by atoms with E-state index in [0.29, 0.717) is 23.0 Å². The highest BCUT2D eigenvalue weighted by molar-refractivity contribution is 9.10. The number of ether oxygens (including phenoxy) is 1. The van der Waals surface area contributed by atoms with E-state index in [9.17, 15) is 4.79 Å². The van der Waals surface area contributed by atoms with Crippen molar-refractivity contribution in [3.8, 4) is 5.75 Å². The maximum Gasteiger partial charge on any atom is 0.260 e. The van der Waals surface area contributed by atoms with Crippen LogP contribution in [-0.4, -0.2) is 11.4 Å². The third kappa shape index (κ3) is 6.72. The van der Waals surface area contributed by atoms with E-state index in [1.165, 1.54) is 17.3 Å². The Labute approximate surface area is 223 Å². The predicted molar refractivity (Wildman–Crippen MR) is 151 cm³/mol. The van der Waals surface area contributed by atoms with Gasteiger partial charge in [-0.15, -0.1) is 6.58 Å². The standard InChI is InChI=1S/C28H26BrClN2O2S/c1-3-5-21-14-20(15-24(29)26(21)34-17-19-6-10-22(30)11-7-19)16-25-27(33)32-28(35-25)31-23-12-8-18(4-2)9-13-23/h3,6-16,28,31H,1,4-5,17H2,2H3,(H,32,33)/b25-16-/t28-/m1/s1. The molecule has 1 amide bonds. The average Bonchev–Trinajstić information content (AvgIpc) is 3.18. The predicted octanol–water partition coefficient (Wildman–Crippen LogP) is 7.57. The molecule has 180 valence electrons. The summed E-state index contributed by atoms with van der Waals surface area (Å²) in [4.78, 5) is 13.3. The summed E-state index contributed by atoms with van der Waals surface area (Å²) in [5.74, 6) is 0.669. The van der Waals surface area contributed by atoms with Crippen LogP contribution in [0.25, 0.3) is 6.08 Å². The second kappa shape index (κ2) is 11.8. The van der Waals surface area contributed by atoms with Crippen molar-refractivity contribution in [1.29, 1.82) is 0 Å². The fourth-order valence-corrected chi connectivity index (χ4v) is 5.41. The van der Waals surface area contributed by atoms with E-state index >= 15 is 0 Å². The van der Waals surface area contributed by atoms with Crippen molar-refractivity contribution >= 4 is 57.0 Å². The number of hydrogen-bond donors (Lipinski definition) is 2. The Morgan fingerprint density at radius 2 is 1.86 bits per heavy atom. The van der Waals surface area contributed by atoms with Gasteiger partial charge in [0, 0.05) is 10.7 Å². The summed E-state index contributed by atoms with van der Waals surface area (Å²) < 4.78 is 6.97. The third-order valence-corrected chi connectivity index (χ3v) is 7.36. The number of halogens is 2. The Kier molecular flexibility index (Phi) is 8.60. The van der Waals surface area contributed by atoms with Crippen molar-refractivity contribution < 1.29 is 9.53 Å². The van der Waals surface area contributed by atoms with E-state index in [1.54, 1.807) is 0 Å². The topological polar surface area (TPSA) is 50.4 Å². The van der Waals surface area contributed by atoms with Crippen LogP contribution < -0.4 is 15.4 Å². The van der Waals surface area contributed by atoms with Crippen LogP contribution in [0.4, 0.5) is 5.69 Å². The van der Waals surface area contributed by atoms with E-state index in [4.69, 9.17) is 16.3 Å². The number of thioether (sulfide) groups is 1. The SMILES string of the molecule is C=CCc1cc(/C=C2\S[C@H](Nc3ccc(CC)cc3)NC2=O)cc(Br)c1OCc1ccc(Cl)cc1. The largest absolute Gasteiger partial charge is 0.487 e. The Balaban J connectivity index is 1.49. The van der Waals surface area contributed by atoms with E-state index in [-0.39, 0.29) is 11.4 Å². The number of amides is 1. The monoisotopic (exact) mass is 568 g/mol. The molecule has 1 saturated heterocycles. The zero-order valence-corrected chi connectivity index (χ0v) is 22.5. The number of hydrogen-bond acceptors (Lipinski definition) is 4. The summed E-state index contributed by atoms with van der Waals surface area (Å²) in [6.45, 7) is 6.43. The Morgan fingerprint density at radius 1 is 1.14 bits per heavy atom. The first kappa shape index (κ1) is 25.4. The summed E-state index contributed by atoms with van der Waals surface area (Å²) in [7, 11) is 0. The van der Waals surface area contributed by atoms with Gasteiger partial charge >= 0.3 is 0 Å². The maximum absolute atomic E-state index is 12.6. The van der Waals surface area contributed by atoms with Gasteiger partial charge in [0.15, 0.2) is 5.50 Å². The fraction of sp³-hybridized carbons (Fsp3) is 0.179. The van der Waals surface area contributed by atoms with Gasteiger partial charge in [-0.2, -0.15) is 0 Å². The molecule has 1 aliphatic rings. The molecule has 0 saturated carbocycles. The molecule has 3 aromatic carbocycles. The number of carbonyl (C=O) groups excluding carboxylic acids is 1. The van der Waals surface area contributed by atoms with Crippen LogP contribution in [-0.2, 0) is 24.2 Å². The summed E-state index contributed by atoms with van der Waals surface area (Å²) >= 11 is 11.1. The molecule has 3 aromatic rings. The molecule has 2 N–H and O–H groups in total. The third-order valence-electron chi connectivity index (χ3n) is 5.49. The van der Waals surface area contributed by atoms with Crippen LogP contribution in [0, 0.1) is 0 Å².